The second kappa shape index (κ2) is 4.63. The minimum atomic E-state index is -0.893. The van der Waals surface area contributed by atoms with Crippen LogP contribution in [0.25, 0.3) is 0 Å². The molecule has 0 amide bonds. The zero-order valence-electron chi connectivity index (χ0n) is 9.21. The van der Waals surface area contributed by atoms with Gasteiger partial charge in [0.05, 0.1) is 6.20 Å². The van der Waals surface area contributed by atoms with Gasteiger partial charge in [-0.3, -0.25) is 0 Å². The Bertz CT molecular complexity index is 394. The molecule has 1 aliphatic heterocycles. The van der Waals surface area contributed by atoms with Crippen molar-refractivity contribution < 1.29 is 9.90 Å². The van der Waals surface area contributed by atoms with Crippen molar-refractivity contribution in [3.05, 3.63) is 11.1 Å². The lowest BCUT2D eigenvalue weighted by Crippen LogP contribution is -2.44. The van der Waals surface area contributed by atoms with Crippen LogP contribution >= 0.6 is 23.1 Å². The molecular formula is C10H14N2O2S2. The molecule has 88 valence electrons. The highest BCUT2D eigenvalue weighted by molar-refractivity contribution is 8.00. The summed E-state index contributed by atoms with van der Waals surface area (Å²) in [6.07, 6.45) is 1.45. The Balaban J connectivity index is 2.19. The fourth-order valence-electron chi connectivity index (χ4n) is 1.70. The second-order valence-electron chi connectivity index (χ2n) is 3.82. The van der Waals surface area contributed by atoms with Crippen LogP contribution in [0.5, 0.6) is 0 Å². The Morgan fingerprint density at radius 2 is 2.38 bits per heavy atom. The molecule has 0 radical (unpaired) electrons. The Labute approximate surface area is 103 Å². The molecule has 6 heteroatoms. The molecule has 1 aliphatic rings. The molecule has 0 aliphatic carbocycles. The highest BCUT2D eigenvalue weighted by atomic mass is 32.2. The first kappa shape index (κ1) is 11.7. The third-order valence-corrected chi connectivity index (χ3v) is 5.19. The molecule has 4 nitrogen and oxygen atoms in total. The number of anilines is 1. The topological polar surface area (TPSA) is 53.4 Å². The molecule has 0 spiro atoms. The Kier molecular flexibility index (Phi) is 3.39. The fraction of sp³-hybridized carbons (Fsp3) is 0.600. The summed E-state index contributed by atoms with van der Waals surface area (Å²) in [6.45, 7) is 5.31. The molecule has 1 aromatic rings. The molecule has 16 heavy (non-hydrogen) atoms. The average Bonchev–Trinajstić information content (AvgIpc) is 2.71. The third-order valence-electron chi connectivity index (χ3n) is 2.83. The van der Waals surface area contributed by atoms with Crippen molar-refractivity contribution >= 4 is 34.2 Å². The van der Waals surface area contributed by atoms with Gasteiger partial charge >= 0.3 is 5.97 Å². The number of thioether (sulfide) groups is 1. The maximum absolute atomic E-state index is 10.8. The summed E-state index contributed by atoms with van der Waals surface area (Å²) in [4.78, 5) is 17.5. The Hall–Kier alpha value is -0.750. The monoisotopic (exact) mass is 258 g/mol. The summed E-state index contributed by atoms with van der Waals surface area (Å²) < 4.78 is 0. The standard InChI is InChI=1S/C10H14N2O2S2/c1-6-7(2)15-4-3-12(6)10-11-5-8(16-10)9(13)14/h5-7H,3-4H2,1-2H3,(H,13,14). The third kappa shape index (κ3) is 2.17. The van der Waals surface area contributed by atoms with Crippen molar-refractivity contribution in [1.29, 1.82) is 0 Å². The van der Waals surface area contributed by atoms with Gasteiger partial charge in [-0.05, 0) is 6.92 Å². The van der Waals surface area contributed by atoms with E-state index in [0.717, 1.165) is 17.4 Å². The highest BCUT2D eigenvalue weighted by Crippen LogP contribution is 2.31. The maximum atomic E-state index is 10.8. The number of hydrogen-bond acceptors (Lipinski definition) is 5. The number of nitrogens with zero attached hydrogens (tertiary/aromatic N) is 2. The highest BCUT2D eigenvalue weighted by Gasteiger charge is 2.27. The summed E-state index contributed by atoms with van der Waals surface area (Å²) in [6, 6.07) is 0.409. The van der Waals surface area contributed by atoms with Gasteiger partial charge in [0, 0.05) is 23.6 Å². The molecule has 1 fully saturated rings. The van der Waals surface area contributed by atoms with Gasteiger partial charge in [-0.2, -0.15) is 11.8 Å². The van der Waals surface area contributed by atoms with E-state index >= 15 is 0 Å². The van der Waals surface area contributed by atoms with Gasteiger partial charge in [0.2, 0.25) is 0 Å². The van der Waals surface area contributed by atoms with Crippen LogP contribution in [0.3, 0.4) is 0 Å². The van der Waals surface area contributed by atoms with Gasteiger partial charge < -0.3 is 10.0 Å². The lowest BCUT2D eigenvalue weighted by atomic mass is 10.2. The van der Waals surface area contributed by atoms with E-state index < -0.39 is 5.97 Å². The van der Waals surface area contributed by atoms with Gasteiger partial charge in [-0.25, -0.2) is 9.78 Å². The summed E-state index contributed by atoms with van der Waals surface area (Å²) in [5.41, 5.74) is 0. The van der Waals surface area contributed by atoms with Crippen LogP contribution in [-0.2, 0) is 0 Å². The summed E-state index contributed by atoms with van der Waals surface area (Å²) >= 11 is 3.22. The predicted molar refractivity (Wildman–Crippen MR) is 67.8 cm³/mol. The van der Waals surface area contributed by atoms with Crippen LogP contribution in [-0.4, -0.2) is 39.6 Å². The number of hydrogen-bond donors (Lipinski definition) is 1. The van der Waals surface area contributed by atoms with E-state index in [0.29, 0.717) is 16.2 Å². The van der Waals surface area contributed by atoms with Crippen LogP contribution in [0, 0.1) is 0 Å². The summed E-state index contributed by atoms with van der Waals surface area (Å²) in [5, 5.41) is 10.3. The zero-order chi connectivity index (χ0) is 11.7. The van der Waals surface area contributed by atoms with E-state index in [4.69, 9.17) is 5.11 Å². The first-order valence-corrected chi connectivity index (χ1v) is 7.03. The molecule has 1 N–H and O–H groups in total. The summed E-state index contributed by atoms with van der Waals surface area (Å²) in [7, 11) is 0. The number of carbonyl (C=O) groups is 1. The predicted octanol–water partition coefficient (Wildman–Crippen LogP) is 2.17. The van der Waals surface area contributed by atoms with Crippen molar-refractivity contribution in [1.82, 2.24) is 4.98 Å². The molecule has 2 heterocycles. The number of aromatic nitrogens is 1. The Morgan fingerprint density at radius 1 is 1.62 bits per heavy atom. The van der Waals surface area contributed by atoms with Gasteiger partial charge in [0.25, 0.3) is 0 Å². The van der Waals surface area contributed by atoms with Crippen LogP contribution in [0.4, 0.5) is 5.13 Å². The normalized spacial score (nSPS) is 25.8. The molecule has 2 rings (SSSR count). The lowest BCUT2D eigenvalue weighted by molar-refractivity contribution is 0.0702. The molecule has 0 saturated carbocycles. The van der Waals surface area contributed by atoms with Gasteiger partial charge in [0.15, 0.2) is 5.13 Å². The molecule has 2 unspecified atom stereocenters. The van der Waals surface area contributed by atoms with Crippen LogP contribution in [0.1, 0.15) is 23.5 Å². The number of rotatable bonds is 2. The van der Waals surface area contributed by atoms with Gasteiger partial charge in [-0.1, -0.05) is 18.3 Å². The molecule has 1 aromatic heterocycles. The van der Waals surface area contributed by atoms with Gasteiger partial charge in [-0.15, -0.1) is 0 Å². The SMILES string of the molecule is CC1SCCN(c2ncc(C(=O)O)s2)C1C. The van der Waals surface area contributed by atoms with E-state index in [1.807, 2.05) is 11.8 Å². The second-order valence-corrected chi connectivity index (χ2v) is 6.32. The van der Waals surface area contributed by atoms with Crippen LogP contribution in [0.15, 0.2) is 6.20 Å². The molecule has 0 aromatic carbocycles. The van der Waals surface area contributed by atoms with E-state index in [-0.39, 0.29) is 0 Å². The number of carboxylic acid groups (broad SMARTS) is 1. The molecular weight excluding hydrogens is 244 g/mol. The number of thiazole rings is 1. The first-order chi connectivity index (χ1) is 7.59. The molecule has 0 bridgehead atoms. The fourth-order valence-corrected chi connectivity index (χ4v) is 3.67. The smallest absolute Gasteiger partial charge is 0.347 e. The van der Waals surface area contributed by atoms with E-state index in [9.17, 15) is 4.79 Å². The minimum Gasteiger partial charge on any atom is -0.477 e. The number of aromatic carboxylic acids is 1. The van der Waals surface area contributed by atoms with E-state index in [2.05, 4.69) is 23.7 Å². The molecule has 2 atom stereocenters. The first-order valence-electron chi connectivity index (χ1n) is 5.17. The van der Waals surface area contributed by atoms with Crippen molar-refractivity contribution in [2.45, 2.75) is 25.1 Å². The lowest BCUT2D eigenvalue weighted by Gasteiger charge is -2.37. The number of carboxylic acids is 1. The summed E-state index contributed by atoms with van der Waals surface area (Å²) in [5.74, 6) is 0.184. The van der Waals surface area contributed by atoms with Gasteiger partial charge in [0.1, 0.15) is 4.88 Å². The van der Waals surface area contributed by atoms with Crippen molar-refractivity contribution in [2.75, 3.05) is 17.2 Å². The maximum Gasteiger partial charge on any atom is 0.347 e. The average molecular weight is 258 g/mol. The van der Waals surface area contributed by atoms with E-state index in [1.54, 1.807) is 0 Å². The zero-order valence-corrected chi connectivity index (χ0v) is 10.8. The largest absolute Gasteiger partial charge is 0.477 e. The minimum absolute atomic E-state index is 0.313. The van der Waals surface area contributed by atoms with Crippen LogP contribution in [0.2, 0.25) is 0 Å². The van der Waals surface area contributed by atoms with Crippen LogP contribution < -0.4 is 4.90 Å². The van der Waals surface area contributed by atoms with E-state index in [1.165, 1.54) is 17.5 Å². The van der Waals surface area contributed by atoms with Crippen molar-refractivity contribution in [3.8, 4) is 0 Å². The molecule has 1 saturated heterocycles. The van der Waals surface area contributed by atoms with Crippen molar-refractivity contribution in [2.24, 2.45) is 0 Å². The quantitative estimate of drug-likeness (QED) is 0.881. The van der Waals surface area contributed by atoms with Crippen molar-refractivity contribution in [3.63, 3.8) is 0 Å². The Morgan fingerprint density at radius 3 is 3.00 bits per heavy atom.